The minimum absolute atomic E-state index is 0.939. The molecule has 1 saturated carbocycles. The van der Waals surface area contributed by atoms with E-state index in [2.05, 4.69) is 26.2 Å². The van der Waals surface area contributed by atoms with Crippen LogP contribution in [0.1, 0.15) is 39.5 Å². The highest BCUT2D eigenvalue weighted by Crippen LogP contribution is 2.35. The Balaban J connectivity index is 2.47. The van der Waals surface area contributed by atoms with Gasteiger partial charge in [0.1, 0.15) is 0 Å². The van der Waals surface area contributed by atoms with E-state index in [4.69, 9.17) is 0 Å². The lowest BCUT2D eigenvalue weighted by molar-refractivity contribution is 0.159. The Kier molecular flexibility index (Phi) is 4.07. The summed E-state index contributed by atoms with van der Waals surface area (Å²) in [6.07, 6.45) is 5.74. The molecule has 0 aromatic rings. The molecule has 0 aromatic heterocycles. The molecule has 0 bridgehead atoms. The number of hydrogen-bond donors (Lipinski definition) is 1. The van der Waals surface area contributed by atoms with E-state index in [0.29, 0.717) is 0 Å². The number of rotatable bonds is 3. The normalized spacial score (nSPS) is 36.8. The summed E-state index contributed by atoms with van der Waals surface area (Å²) in [4.78, 5) is 0. The fourth-order valence-electron chi connectivity index (χ4n) is 2.71. The molecule has 0 radical (unpaired) electrons. The van der Waals surface area contributed by atoms with Crippen LogP contribution in [0.5, 0.6) is 0 Å². The summed E-state index contributed by atoms with van der Waals surface area (Å²) in [7, 11) is 2.08. The summed E-state index contributed by atoms with van der Waals surface area (Å²) < 4.78 is 0. The second-order valence-corrected chi connectivity index (χ2v) is 4.30. The number of hydrogen-bond acceptors (Lipinski definition) is 1. The van der Waals surface area contributed by atoms with Crippen molar-refractivity contribution in [1.29, 1.82) is 0 Å². The van der Waals surface area contributed by atoms with Gasteiger partial charge in [-0.25, -0.2) is 0 Å². The van der Waals surface area contributed by atoms with Gasteiger partial charge in [0.05, 0.1) is 0 Å². The quantitative estimate of drug-likeness (QED) is 0.685. The predicted octanol–water partition coefficient (Wildman–Crippen LogP) is 2.67. The molecule has 3 atom stereocenters. The van der Waals surface area contributed by atoms with E-state index in [1.807, 2.05) is 0 Å². The summed E-state index contributed by atoms with van der Waals surface area (Å²) in [6.45, 7) is 5.98. The summed E-state index contributed by atoms with van der Waals surface area (Å²) in [5.74, 6) is 2.87. The van der Waals surface area contributed by atoms with Crippen LogP contribution in [0.3, 0.4) is 0 Å². The van der Waals surface area contributed by atoms with Crippen molar-refractivity contribution in [2.24, 2.45) is 17.8 Å². The molecule has 0 amide bonds. The lowest BCUT2D eigenvalue weighted by Crippen LogP contribution is -2.33. The van der Waals surface area contributed by atoms with Crippen molar-refractivity contribution < 1.29 is 0 Å². The first-order valence-corrected chi connectivity index (χ1v) is 5.44. The van der Waals surface area contributed by atoms with Gasteiger partial charge in [-0.1, -0.05) is 39.5 Å². The molecule has 1 N–H and O–H groups in total. The molecule has 0 aromatic carbocycles. The van der Waals surface area contributed by atoms with Gasteiger partial charge in [0.2, 0.25) is 0 Å². The van der Waals surface area contributed by atoms with Crippen LogP contribution < -0.4 is 5.32 Å². The smallest absolute Gasteiger partial charge is 0.00183 e. The Morgan fingerprint density at radius 1 is 1.33 bits per heavy atom. The third kappa shape index (κ3) is 2.22. The van der Waals surface area contributed by atoms with Crippen LogP contribution in [0, 0.1) is 17.8 Å². The van der Waals surface area contributed by atoms with Crippen LogP contribution in [0.15, 0.2) is 0 Å². The Morgan fingerprint density at radius 3 is 2.67 bits per heavy atom. The molecule has 1 rings (SSSR count). The van der Waals surface area contributed by atoms with Crippen molar-refractivity contribution in [2.75, 3.05) is 13.6 Å². The molecule has 1 aliphatic rings. The van der Waals surface area contributed by atoms with Crippen molar-refractivity contribution in [3.05, 3.63) is 0 Å². The summed E-state index contributed by atoms with van der Waals surface area (Å²) in [6, 6.07) is 0. The first-order chi connectivity index (χ1) is 5.79. The van der Waals surface area contributed by atoms with Gasteiger partial charge in [-0.05, 0) is 31.3 Å². The van der Waals surface area contributed by atoms with E-state index >= 15 is 0 Å². The SMILES string of the molecule is CCC1CCCC(C)C1CNC. The molecule has 12 heavy (non-hydrogen) atoms. The van der Waals surface area contributed by atoms with Crippen LogP contribution in [0.4, 0.5) is 0 Å². The van der Waals surface area contributed by atoms with E-state index in [9.17, 15) is 0 Å². The molecule has 1 fully saturated rings. The van der Waals surface area contributed by atoms with Crippen molar-refractivity contribution in [3.8, 4) is 0 Å². The summed E-state index contributed by atoms with van der Waals surface area (Å²) in [5.41, 5.74) is 0. The van der Waals surface area contributed by atoms with Crippen molar-refractivity contribution in [3.63, 3.8) is 0 Å². The molecule has 72 valence electrons. The average molecular weight is 169 g/mol. The molecule has 0 saturated heterocycles. The minimum atomic E-state index is 0.939. The summed E-state index contributed by atoms with van der Waals surface area (Å²) >= 11 is 0. The van der Waals surface area contributed by atoms with Gasteiger partial charge in [0.15, 0.2) is 0 Å². The van der Waals surface area contributed by atoms with Gasteiger partial charge < -0.3 is 5.32 Å². The highest BCUT2D eigenvalue weighted by molar-refractivity contribution is 4.80. The maximum absolute atomic E-state index is 3.33. The van der Waals surface area contributed by atoms with E-state index in [0.717, 1.165) is 17.8 Å². The highest BCUT2D eigenvalue weighted by atomic mass is 14.8. The zero-order chi connectivity index (χ0) is 8.97. The van der Waals surface area contributed by atoms with E-state index in [-0.39, 0.29) is 0 Å². The number of nitrogens with one attached hydrogen (secondary N) is 1. The largest absolute Gasteiger partial charge is 0.319 e. The van der Waals surface area contributed by atoms with Crippen molar-refractivity contribution in [1.82, 2.24) is 5.32 Å². The van der Waals surface area contributed by atoms with E-state index in [1.54, 1.807) is 0 Å². The average Bonchev–Trinajstić information content (AvgIpc) is 2.09. The Hall–Kier alpha value is -0.0400. The van der Waals surface area contributed by atoms with Gasteiger partial charge in [-0.2, -0.15) is 0 Å². The van der Waals surface area contributed by atoms with E-state index in [1.165, 1.54) is 32.2 Å². The fourth-order valence-corrected chi connectivity index (χ4v) is 2.71. The standard InChI is InChI=1S/C11H23N/c1-4-10-7-5-6-9(2)11(10)8-12-3/h9-12H,4-8H2,1-3H3. The maximum Gasteiger partial charge on any atom is -0.00183 e. The molecule has 1 heteroatoms. The molecule has 1 aliphatic carbocycles. The second-order valence-electron chi connectivity index (χ2n) is 4.30. The fraction of sp³-hybridized carbons (Fsp3) is 1.00. The Morgan fingerprint density at radius 2 is 2.08 bits per heavy atom. The molecule has 1 nitrogen and oxygen atoms in total. The zero-order valence-electron chi connectivity index (χ0n) is 8.77. The van der Waals surface area contributed by atoms with Crippen LogP contribution in [-0.2, 0) is 0 Å². The highest BCUT2D eigenvalue weighted by Gasteiger charge is 2.28. The van der Waals surface area contributed by atoms with Gasteiger partial charge in [0, 0.05) is 0 Å². The zero-order valence-corrected chi connectivity index (χ0v) is 8.77. The lowest BCUT2D eigenvalue weighted by Gasteiger charge is -2.36. The summed E-state index contributed by atoms with van der Waals surface area (Å²) in [5, 5.41) is 3.33. The van der Waals surface area contributed by atoms with Crippen LogP contribution in [0.25, 0.3) is 0 Å². The second kappa shape index (κ2) is 4.86. The molecule has 0 aliphatic heterocycles. The van der Waals surface area contributed by atoms with Gasteiger partial charge in [-0.3, -0.25) is 0 Å². The monoisotopic (exact) mass is 169 g/mol. The third-order valence-corrected chi connectivity index (χ3v) is 3.53. The minimum Gasteiger partial charge on any atom is -0.319 e. The first-order valence-electron chi connectivity index (χ1n) is 5.44. The Labute approximate surface area is 76.9 Å². The molecular formula is C11H23N. The molecular weight excluding hydrogens is 146 g/mol. The first kappa shape index (κ1) is 10.0. The van der Waals surface area contributed by atoms with Gasteiger partial charge >= 0.3 is 0 Å². The molecule has 3 unspecified atom stereocenters. The van der Waals surface area contributed by atoms with Gasteiger partial charge in [-0.15, -0.1) is 0 Å². The molecule has 0 heterocycles. The van der Waals surface area contributed by atoms with Crippen LogP contribution in [0.2, 0.25) is 0 Å². The van der Waals surface area contributed by atoms with Crippen LogP contribution >= 0.6 is 0 Å². The third-order valence-electron chi connectivity index (χ3n) is 3.53. The van der Waals surface area contributed by atoms with Crippen LogP contribution in [-0.4, -0.2) is 13.6 Å². The topological polar surface area (TPSA) is 12.0 Å². The predicted molar refractivity (Wildman–Crippen MR) is 54.2 cm³/mol. The molecule has 0 spiro atoms. The van der Waals surface area contributed by atoms with Gasteiger partial charge in [0.25, 0.3) is 0 Å². The van der Waals surface area contributed by atoms with Crippen molar-refractivity contribution >= 4 is 0 Å². The Bertz CT molecular complexity index is 122. The lowest BCUT2D eigenvalue weighted by atomic mass is 9.72. The van der Waals surface area contributed by atoms with Crippen molar-refractivity contribution in [2.45, 2.75) is 39.5 Å². The van der Waals surface area contributed by atoms with E-state index < -0.39 is 0 Å². The maximum atomic E-state index is 3.33.